The van der Waals surface area contributed by atoms with Gasteiger partial charge in [0.25, 0.3) is 0 Å². The number of hydrogen-bond donors (Lipinski definition) is 3. The molecule has 2 aliphatic rings. The van der Waals surface area contributed by atoms with Crippen LogP contribution in [0.4, 0.5) is 5.69 Å². The number of fused-ring (bicyclic) bond motifs is 1. The Kier molecular flexibility index (Phi) is 2.34. The van der Waals surface area contributed by atoms with Crippen LogP contribution in [0, 0.1) is 6.92 Å². The molecule has 3 rings (SSSR count). The van der Waals surface area contributed by atoms with Crippen LogP contribution in [-0.2, 0) is 0 Å². The monoisotopic (exact) mass is 221 g/mol. The van der Waals surface area contributed by atoms with Crippen LogP contribution in [0.25, 0.3) is 0 Å². The highest BCUT2D eigenvalue weighted by atomic mass is 16.7. The van der Waals surface area contributed by atoms with E-state index in [0.717, 1.165) is 35.8 Å². The number of hydrogen-bond acceptors (Lipinski definition) is 5. The molecule has 1 aromatic carbocycles. The van der Waals surface area contributed by atoms with Crippen molar-refractivity contribution in [3.05, 3.63) is 17.7 Å². The Bertz CT molecular complexity index is 402. The van der Waals surface area contributed by atoms with E-state index in [1.807, 2.05) is 19.1 Å². The van der Waals surface area contributed by atoms with Gasteiger partial charge in [-0.2, -0.15) is 0 Å². The molecule has 5 nitrogen and oxygen atoms in total. The van der Waals surface area contributed by atoms with Gasteiger partial charge in [-0.1, -0.05) is 0 Å². The maximum Gasteiger partial charge on any atom is 0.231 e. The average molecular weight is 221 g/mol. The third kappa shape index (κ3) is 1.58. The largest absolute Gasteiger partial charge is 0.454 e. The van der Waals surface area contributed by atoms with Crippen LogP contribution in [-0.4, -0.2) is 26.2 Å². The number of ether oxygens (including phenoxy) is 2. The number of rotatable bonds is 2. The summed E-state index contributed by atoms with van der Waals surface area (Å²) < 4.78 is 10.8. The Morgan fingerprint density at radius 2 is 2.06 bits per heavy atom. The Labute approximate surface area is 94.1 Å². The minimum Gasteiger partial charge on any atom is -0.454 e. The van der Waals surface area contributed by atoms with E-state index >= 15 is 0 Å². The first-order chi connectivity index (χ1) is 7.84. The molecular formula is C11H15N3O2. The topological polar surface area (TPSA) is 54.5 Å². The van der Waals surface area contributed by atoms with E-state index in [1.54, 1.807) is 0 Å². The highest BCUT2D eigenvalue weighted by Gasteiger charge is 2.20. The minimum absolute atomic E-state index is 0.138. The third-order valence-electron chi connectivity index (χ3n) is 2.91. The van der Waals surface area contributed by atoms with E-state index in [-0.39, 0.29) is 6.29 Å². The molecule has 0 unspecified atom stereocenters. The van der Waals surface area contributed by atoms with Crippen LogP contribution in [0.5, 0.6) is 11.5 Å². The van der Waals surface area contributed by atoms with Crippen LogP contribution in [0.2, 0.25) is 0 Å². The molecule has 2 aliphatic heterocycles. The second-order valence-electron chi connectivity index (χ2n) is 3.96. The molecule has 0 saturated carbocycles. The normalized spacial score (nSPS) is 19.1. The van der Waals surface area contributed by atoms with Crippen LogP contribution in [0.3, 0.4) is 0 Å². The lowest BCUT2D eigenvalue weighted by Crippen LogP contribution is -2.38. The van der Waals surface area contributed by atoms with Gasteiger partial charge in [-0.05, 0) is 19.1 Å². The minimum atomic E-state index is 0.138. The van der Waals surface area contributed by atoms with Crippen molar-refractivity contribution in [2.24, 2.45) is 0 Å². The molecular weight excluding hydrogens is 206 g/mol. The zero-order valence-corrected chi connectivity index (χ0v) is 9.17. The quantitative estimate of drug-likeness (QED) is 0.683. The molecule has 3 N–H and O–H groups in total. The van der Waals surface area contributed by atoms with Crippen LogP contribution >= 0.6 is 0 Å². The zero-order valence-electron chi connectivity index (χ0n) is 9.17. The second kappa shape index (κ2) is 3.84. The standard InChI is InChI=1S/C11H15N3O2/c1-7-8(14-11-12-4-5-13-11)2-3-9-10(7)16-6-15-9/h2-3,11-14H,4-6H2,1H3. The van der Waals surface area contributed by atoms with Gasteiger partial charge in [0.15, 0.2) is 11.5 Å². The third-order valence-corrected chi connectivity index (χ3v) is 2.91. The molecule has 5 heteroatoms. The first-order valence-corrected chi connectivity index (χ1v) is 5.47. The summed E-state index contributed by atoms with van der Waals surface area (Å²) >= 11 is 0. The van der Waals surface area contributed by atoms with E-state index in [2.05, 4.69) is 16.0 Å². The molecule has 0 aromatic heterocycles. The molecule has 0 aliphatic carbocycles. The van der Waals surface area contributed by atoms with Crippen LogP contribution in [0.15, 0.2) is 12.1 Å². The summed E-state index contributed by atoms with van der Waals surface area (Å²) in [6, 6.07) is 3.96. The Balaban J connectivity index is 1.84. The van der Waals surface area contributed by atoms with E-state index in [4.69, 9.17) is 9.47 Å². The van der Waals surface area contributed by atoms with Gasteiger partial charge < -0.3 is 14.8 Å². The SMILES string of the molecule is Cc1c(NC2NCCN2)ccc2c1OCO2. The molecule has 16 heavy (non-hydrogen) atoms. The van der Waals surface area contributed by atoms with Gasteiger partial charge in [0.05, 0.1) is 0 Å². The fourth-order valence-corrected chi connectivity index (χ4v) is 2.03. The van der Waals surface area contributed by atoms with Crippen molar-refractivity contribution in [1.29, 1.82) is 0 Å². The first kappa shape index (κ1) is 9.74. The molecule has 2 heterocycles. The van der Waals surface area contributed by atoms with Gasteiger partial charge in [-0.3, -0.25) is 10.6 Å². The molecule has 86 valence electrons. The summed E-state index contributed by atoms with van der Waals surface area (Å²) in [6.45, 7) is 4.33. The summed E-state index contributed by atoms with van der Waals surface area (Å²) in [5, 5.41) is 9.99. The zero-order chi connectivity index (χ0) is 11.0. The predicted molar refractivity (Wildman–Crippen MR) is 60.7 cm³/mol. The number of anilines is 1. The summed E-state index contributed by atoms with van der Waals surface area (Å²) in [4.78, 5) is 0. The first-order valence-electron chi connectivity index (χ1n) is 5.47. The Hall–Kier alpha value is -1.46. The van der Waals surface area contributed by atoms with E-state index in [0.29, 0.717) is 6.79 Å². The van der Waals surface area contributed by atoms with Gasteiger partial charge in [0.2, 0.25) is 6.79 Å². The van der Waals surface area contributed by atoms with E-state index in [9.17, 15) is 0 Å². The highest BCUT2D eigenvalue weighted by molar-refractivity contribution is 5.63. The smallest absolute Gasteiger partial charge is 0.231 e. The maximum absolute atomic E-state index is 5.43. The van der Waals surface area contributed by atoms with Crippen molar-refractivity contribution in [3.8, 4) is 11.5 Å². The summed E-state index contributed by atoms with van der Waals surface area (Å²) in [7, 11) is 0. The fourth-order valence-electron chi connectivity index (χ4n) is 2.03. The maximum atomic E-state index is 5.43. The van der Waals surface area contributed by atoms with Crippen molar-refractivity contribution in [3.63, 3.8) is 0 Å². The molecule has 0 spiro atoms. The van der Waals surface area contributed by atoms with Gasteiger partial charge in [-0.25, -0.2) is 0 Å². The van der Waals surface area contributed by atoms with Crippen molar-refractivity contribution in [1.82, 2.24) is 10.6 Å². The molecule has 0 radical (unpaired) electrons. The lowest BCUT2D eigenvalue weighted by molar-refractivity contribution is 0.173. The fraction of sp³-hybridized carbons (Fsp3) is 0.455. The lowest BCUT2D eigenvalue weighted by Gasteiger charge is -2.17. The lowest BCUT2D eigenvalue weighted by atomic mass is 10.1. The predicted octanol–water partition coefficient (Wildman–Crippen LogP) is 0.612. The molecule has 0 bridgehead atoms. The summed E-state index contributed by atoms with van der Waals surface area (Å²) in [5.74, 6) is 1.68. The molecule has 0 amide bonds. The van der Waals surface area contributed by atoms with Crippen LogP contribution < -0.4 is 25.4 Å². The summed E-state index contributed by atoms with van der Waals surface area (Å²) in [6.07, 6.45) is 0.138. The summed E-state index contributed by atoms with van der Waals surface area (Å²) in [5.41, 5.74) is 2.15. The molecule has 1 aromatic rings. The number of benzene rings is 1. The second-order valence-corrected chi connectivity index (χ2v) is 3.96. The van der Waals surface area contributed by atoms with Crippen molar-refractivity contribution >= 4 is 5.69 Å². The van der Waals surface area contributed by atoms with Gasteiger partial charge in [-0.15, -0.1) is 0 Å². The number of nitrogens with one attached hydrogen (secondary N) is 3. The molecule has 1 fully saturated rings. The average Bonchev–Trinajstić information content (AvgIpc) is 2.93. The van der Waals surface area contributed by atoms with Gasteiger partial charge in [0.1, 0.15) is 6.29 Å². The van der Waals surface area contributed by atoms with E-state index in [1.165, 1.54) is 0 Å². The molecule has 1 saturated heterocycles. The van der Waals surface area contributed by atoms with Crippen molar-refractivity contribution in [2.45, 2.75) is 13.2 Å². The van der Waals surface area contributed by atoms with Crippen LogP contribution in [0.1, 0.15) is 5.56 Å². The van der Waals surface area contributed by atoms with E-state index < -0.39 is 0 Å². The van der Waals surface area contributed by atoms with Crippen molar-refractivity contribution < 1.29 is 9.47 Å². The Morgan fingerprint density at radius 3 is 2.88 bits per heavy atom. The van der Waals surface area contributed by atoms with Crippen molar-refractivity contribution in [2.75, 3.05) is 25.2 Å². The Morgan fingerprint density at radius 1 is 1.25 bits per heavy atom. The van der Waals surface area contributed by atoms with Gasteiger partial charge in [0, 0.05) is 24.3 Å². The van der Waals surface area contributed by atoms with Gasteiger partial charge >= 0.3 is 0 Å². The molecule has 0 atom stereocenters. The highest BCUT2D eigenvalue weighted by Crippen LogP contribution is 2.38.